The molecule has 0 saturated heterocycles. The van der Waals surface area contributed by atoms with Gasteiger partial charge in [0.05, 0.1) is 0 Å². The van der Waals surface area contributed by atoms with E-state index >= 15 is 0 Å². The number of phenols is 6. The Kier molecular flexibility index (Phi) is 4.00. The van der Waals surface area contributed by atoms with E-state index < -0.39 is 5.92 Å². The fourth-order valence-electron chi connectivity index (χ4n) is 4.12. The molecule has 3 aromatic rings. The zero-order valence-corrected chi connectivity index (χ0v) is 15.1. The van der Waals surface area contributed by atoms with Gasteiger partial charge in [0.15, 0.2) is 11.5 Å². The lowest BCUT2D eigenvalue weighted by atomic mass is 9.74. The Hall–Kier alpha value is -3.54. The summed E-state index contributed by atoms with van der Waals surface area (Å²) in [5, 5.41) is 60.4. The van der Waals surface area contributed by atoms with Crippen molar-refractivity contribution < 1.29 is 30.6 Å². The summed E-state index contributed by atoms with van der Waals surface area (Å²) in [6, 6.07) is 8.58. The molecule has 0 saturated carbocycles. The molecule has 1 aliphatic carbocycles. The summed E-state index contributed by atoms with van der Waals surface area (Å²) in [6.07, 6.45) is 0.649. The molecule has 0 bridgehead atoms. The van der Waals surface area contributed by atoms with Crippen LogP contribution in [-0.2, 0) is 12.8 Å². The van der Waals surface area contributed by atoms with Gasteiger partial charge in [-0.25, -0.2) is 0 Å². The van der Waals surface area contributed by atoms with Crippen LogP contribution in [0.4, 0.5) is 0 Å². The lowest BCUT2D eigenvalue weighted by Gasteiger charge is -2.30. The van der Waals surface area contributed by atoms with Crippen molar-refractivity contribution in [1.82, 2.24) is 0 Å². The molecule has 1 atom stereocenters. The van der Waals surface area contributed by atoms with E-state index in [4.69, 9.17) is 0 Å². The Balaban J connectivity index is 1.93. The monoisotopic (exact) mass is 380 g/mol. The maximum Gasteiger partial charge on any atom is 0.157 e. The third-order valence-electron chi connectivity index (χ3n) is 5.42. The highest BCUT2D eigenvalue weighted by Gasteiger charge is 2.31. The fourth-order valence-corrected chi connectivity index (χ4v) is 4.12. The van der Waals surface area contributed by atoms with Gasteiger partial charge in [0.2, 0.25) is 0 Å². The Morgan fingerprint density at radius 2 is 1.39 bits per heavy atom. The smallest absolute Gasteiger partial charge is 0.157 e. The van der Waals surface area contributed by atoms with Crippen LogP contribution in [0.25, 0.3) is 0 Å². The summed E-state index contributed by atoms with van der Waals surface area (Å²) in [7, 11) is 0. The molecule has 6 N–H and O–H groups in total. The highest BCUT2D eigenvalue weighted by Crippen LogP contribution is 2.48. The maximum atomic E-state index is 10.5. The molecule has 0 amide bonds. The summed E-state index contributed by atoms with van der Waals surface area (Å²) in [6.45, 7) is 1.80. The van der Waals surface area contributed by atoms with Crippen molar-refractivity contribution in [2.75, 3.05) is 0 Å². The van der Waals surface area contributed by atoms with Gasteiger partial charge in [-0.05, 0) is 59.9 Å². The van der Waals surface area contributed by atoms with Gasteiger partial charge in [-0.1, -0.05) is 0 Å². The quantitative estimate of drug-likeness (QED) is 0.379. The molecule has 1 aliphatic rings. The van der Waals surface area contributed by atoms with Gasteiger partial charge in [-0.3, -0.25) is 0 Å². The van der Waals surface area contributed by atoms with Gasteiger partial charge in [0.1, 0.15) is 23.0 Å². The Bertz CT molecular complexity index is 1100. The largest absolute Gasteiger partial charge is 0.508 e. The number of benzene rings is 3. The molecule has 6 nitrogen and oxygen atoms in total. The first-order valence-corrected chi connectivity index (χ1v) is 8.85. The van der Waals surface area contributed by atoms with Crippen LogP contribution >= 0.6 is 0 Å². The molecule has 144 valence electrons. The van der Waals surface area contributed by atoms with E-state index in [1.165, 1.54) is 24.3 Å². The SMILES string of the molecule is Cc1cc(O)c(O)cc1CC1c2cc(O)cc(O)c2Cc2cc(O)cc(O)c21. The van der Waals surface area contributed by atoms with Crippen molar-refractivity contribution in [2.45, 2.75) is 25.7 Å². The van der Waals surface area contributed by atoms with Crippen LogP contribution in [0.3, 0.4) is 0 Å². The highest BCUT2D eigenvalue weighted by molar-refractivity contribution is 5.61. The standard InChI is InChI=1S/C22H20O6/c1-10-2-19(26)20(27)6-11(10)4-17-15-7-14(24)8-18(25)16(15)5-12-3-13(23)9-21(28)22(12)17/h2-3,6-9,17,23-28H,4-5H2,1H3. The van der Waals surface area contributed by atoms with Crippen LogP contribution < -0.4 is 0 Å². The average Bonchev–Trinajstić information content (AvgIpc) is 2.59. The summed E-state index contributed by atoms with van der Waals surface area (Å²) in [4.78, 5) is 0. The first kappa shape index (κ1) is 17.9. The van der Waals surface area contributed by atoms with Gasteiger partial charge in [0, 0.05) is 35.6 Å². The van der Waals surface area contributed by atoms with E-state index in [1.807, 2.05) is 0 Å². The molecule has 6 heteroatoms. The maximum absolute atomic E-state index is 10.5. The number of rotatable bonds is 2. The fraction of sp³-hybridized carbons (Fsp3) is 0.182. The lowest BCUT2D eigenvalue weighted by Crippen LogP contribution is -2.17. The normalized spacial score (nSPS) is 15.1. The second kappa shape index (κ2) is 6.27. The van der Waals surface area contributed by atoms with Crippen LogP contribution in [0.5, 0.6) is 34.5 Å². The minimum atomic E-state index is -0.431. The van der Waals surface area contributed by atoms with Crippen LogP contribution in [0, 0.1) is 6.92 Å². The third kappa shape index (κ3) is 2.83. The summed E-state index contributed by atoms with van der Waals surface area (Å²) < 4.78 is 0. The molecule has 4 rings (SSSR count). The van der Waals surface area contributed by atoms with Crippen molar-refractivity contribution in [1.29, 1.82) is 0 Å². The minimum absolute atomic E-state index is 0.0567. The van der Waals surface area contributed by atoms with Crippen molar-refractivity contribution in [3.8, 4) is 34.5 Å². The van der Waals surface area contributed by atoms with Gasteiger partial charge in [-0.2, -0.15) is 0 Å². The lowest BCUT2D eigenvalue weighted by molar-refractivity contribution is 0.402. The molecule has 0 radical (unpaired) electrons. The first-order chi connectivity index (χ1) is 13.2. The van der Waals surface area contributed by atoms with E-state index in [2.05, 4.69) is 0 Å². The minimum Gasteiger partial charge on any atom is -0.508 e. The van der Waals surface area contributed by atoms with Gasteiger partial charge in [-0.15, -0.1) is 0 Å². The predicted octanol–water partition coefficient (Wildman–Crippen LogP) is 3.51. The summed E-state index contributed by atoms with van der Waals surface area (Å²) >= 11 is 0. The number of fused-ring (bicyclic) bond motifs is 2. The summed E-state index contributed by atoms with van der Waals surface area (Å²) in [5.74, 6) is -1.18. The molecule has 28 heavy (non-hydrogen) atoms. The summed E-state index contributed by atoms with van der Waals surface area (Å²) in [5.41, 5.74) is 4.05. The third-order valence-corrected chi connectivity index (χ3v) is 5.42. The molecule has 1 unspecified atom stereocenters. The van der Waals surface area contributed by atoms with Crippen LogP contribution in [0.15, 0.2) is 36.4 Å². The molecular weight excluding hydrogens is 360 g/mol. The number of hydrogen-bond acceptors (Lipinski definition) is 6. The van der Waals surface area contributed by atoms with Crippen molar-refractivity contribution in [3.05, 3.63) is 69.8 Å². The van der Waals surface area contributed by atoms with E-state index in [1.54, 1.807) is 19.1 Å². The average molecular weight is 380 g/mol. The number of aryl methyl sites for hydroxylation is 1. The number of aromatic hydroxyl groups is 6. The molecule has 0 fully saturated rings. The number of phenolic OH excluding ortho intramolecular Hbond substituents is 6. The number of hydrogen-bond donors (Lipinski definition) is 6. The van der Waals surface area contributed by atoms with Gasteiger partial charge in [0.25, 0.3) is 0 Å². The molecule has 0 spiro atoms. The van der Waals surface area contributed by atoms with E-state index in [-0.39, 0.29) is 34.5 Å². The first-order valence-electron chi connectivity index (χ1n) is 8.85. The molecular formula is C22H20O6. The van der Waals surface area contributed by atoms with Gasteiger partial charge >= 0.3 is 0 Å². The Morgan fingerprint density at radius 1 is 0.750 bits per heavy atom. The molecule has 0 aromatic heterocycles. The van der Waals surface area contributed by atoms with E-state index in [0.29, 0.717) is 35.1 Å². The molecule has 0 aliphatic heterocycles. The Morgan fingerprint density at radius 3 is 2.14 bits per heavy atom. The molecule has 3 aromatic carbocycles. The highest BCUT2D eigenvalue weighted by atomic mass is 16.3. The topological polar surface area (TPSA) is 121 Å². The van der Waals surface area contributed by atoms with Crippen LogP contribution in [-0.4, -0.2) is 30.6 Å². The van der Waals surface area contributed by atoms with Crippen molar-refractivity contribution in [2.24, 2.45) is 0 Å². The van der Waals surface area contributed by atoms with Crippen molar-refractivity contribution >= 4 is 0 Å². The zero-order chi connectivity index (χ0) is 20.2. The molecule has 0 heterocycles. The van der Waals surface area contributed by atoms with Crippen molar-refractivity contribution in [3.63, 3.8) is 0 Å². The predicted molar refractivity (Wildman–Crippen MR) is 102 cm³/mol. The van der Waals surface area contributed by atoms with Crippen LogP contribution in [0.1, 0.15) is 39.3 Å². The Labute approximate surface area is 161 Å². The van der Waals surface area contributed by atoms with E-state index in [9.17, 15) is 30.6 Å². The second-order valence-electron chi connectivity index (χ2n) is 7.27. The zero-order valence-electron chi connectivity index (χ0n) is 15.1. The second-order valence-corrected chi connectivity index (χ2v) is 7.27. The van der Waals surface area contributed by atoms with E-state index in [0.717, 1.165) is 11.1 Å². The van der Waals surface area contributed by atoms with Crippen LogP contribution in [0.2, 0.25) is 0 Å². The van der Waals surface area contributed by atoms with Gasteiger partial charge < -0.3 is 30.6 Å².